The highest BCUT2D eigenvalue weighted by Gasteiger charge is 2.31. The van der Waals surface area contributed by atoms with Crippen LogP contribution in [0.5, 0.6) is 5.88 Å². The summed E-state index contributed by atoms with van der Waals surface area (Å²) in [6.45, 7) is 7.92. The number of fused-ring (bicyclic) bond motifs is 3. The molecule has 0 radical (unpaired) electrons. The molecule has 1 atom stereocenters. The van der Waals surface area contributed by atoms with Gasteiger partial charge in [0.2, 0.25) is 5.88 Å². The predicted octanol–water partition coefficient (Wildman–Crippen LogP) is 5.04. The number of aryl methyl sites for hydroxylation is 2. The molecule has 2 aliphatic rings. The van der Waals surface area contributed by atoms with Gasteiger partial charge in [-0.25, -0.2) is 13.4 Å². The third kappa shape index (κ3) is 4.29. The molecule has 0 aromatic carbocycles. The molecule has 6 rings (SSSR count). The maximum atomic E-state index is 13.0. The zero-order valence-corrected chi connectivity index (χ0v) is 22.5. The fourth-order valence-corrected chi connectivity index (χ4v) is 6.39. The molecule has 2 fully saturated rings. The molecule has 0 unspecified atom stereocenters. The van der Waals surface area contributed by atoms with E-state index < -0.39 is 9.84 Å². The minimum atomic E-state index is -3.58. The van der Waals surface area contributed by atoms with E-state index in [0.717, 1.165) is 48.0 Å². The number of hydrogen-bond acceptors (Lipinski definition) is 8. The van der Waals surface area contributed by atoms with E-state index in [1.54, 1.807) is 6.20 Å². The van der Waals surface area contributed by atoms with Crippen LogP contribution in [0.25, 0.3) is 33.1 Å². The molecule has 0 N–H and O–H groups in total. The van der Waals surface area contributed by atoms with Gasteiger partial charge in [0.15, 0.2) is 9.84 Å². The molecule has 0 bridgehead atoms. The van der Waals surface area contributed by atoms with E-state index in [4.69, 9.17) is 19.0 Å². The largest absolute Gasteiger partial charge is 0.477 e. The topological polar surface area (TPSA) is 109 Å². The first kappa shape index (κ1) is 24.4. The fourth-order valence-electron chi connectivity index (χ4n) is 5.60. The Kier molecular flexibility index (Phi) is 5.99. The number of rotatable bonds is 7. The summed E-state index contributed by atoms with van der Waals surface area (Å²) in [5.41, 5.74) is 4.71. The van der Waals surface area contributed by atoms with Crippen molar-refractivity contribution in [3.8, 4) is 17.0 Å². The Morgan fingerprint density at radius 2 is 1.89 bits per heavy atom. The van der Waals surface area contributed by atoms with Crippen LogP contribution in [-0.2, 0) is 14.6 Å². The van der Waals surface area contributed by atoms with E-state index in [9.17, 15) is 8.42 Å². The zero-order chi connectivity index (χ0) is 25.9. The second-order valence-corrected chi connectivity index (χ2v) is 12.5. The molecule has 1 saturated heterocycles. The Labute approximate surface area is 216 Å². The molecule has 196 valence electrons. The Balaban J connectivity index is 1.67. The molecular formula is C27H32N4O5S. The van der Waals surface area contributed by atoms with Gasteiger partial charge in [-0.2, -0.15) is 0 Å². The predicted molar refractivity (Wildman–Crippen MR) is 140 cm³/mol. The number of aromatic nitrogens is 4. The highest BCUT2D eigenvalue weighted by atomic mass is 32.2. The van der Waals surface area contributed by atoms with Gasteiger partial charge in [-0.1, -0.05) is 5.16 Å². The average molecular weight is 525 g/mol. The van der Waals surface area contributed by atoms with E-state index in [1.807, 2.05) is 13.8 Å². The second-order valence-electron chi connectivity index (χ2n) is 10.5. The second kappa shape index (κ2) is 9.09. The van der Waals surface area contributed by atoms with Crippen LogP contribution in [0.15, 0.2) is 27.9 Å². The Morgan fingerprint density at radius 1 is 1.14 bits per heavy atom. The first-order valence-electron chi connectivity index (χ1n) is 12.9. The van der Waals surface area contributed by atoms with Crippen molar-refractivity contribution < 1.29 is 22.4 Å². The van der Waals surface area contributed by atoms with Crippen LogP contribution in [0.2, 0.25) is 0 Å². The summed E-state index contributed by atoms with van der Waals surface area (Å²) >= 11 is 0. The summed E-state index contributed by atoms with van der Waals surface area (Å²) in [5, 5.41) is 4.78. The van der Waals surface area contributed by atoms with E-state index in [1.165, 1.54) is 12.5 Å². The molecule has 10 heteroatoms. The molecule has 1 aliphatic carbocycles. The molecular weight excluding hydrogens is 492 g/mol. The summed E-state index contributed by atoms with van der Waals surface area (Å²) in [5.74, 6) is 2.01. The third-order valence-corrected chi connectivity index (χ3v) is 8.92. The lowest BCUT2D eigenvalue weighted by molar-refractivity contribution is 0.0524. The van der Waals surface area contributed by atoms with Crippen LogP contribution in [-0.4, -0.2) is 54.2 Å². The summed E-state index contributed by atoms with van der Waals surface area (Å²) in [6, 6.07) is 2.08. The number of nitrogens with zero attached hydrogens (tertiary/aromatic N) is 4. The van der Waals surface area contributed by atoms with Gasteiger partial charge in [-0.05, 0) is 64.4 Å². The highest BCUT2D eigenvalue weighted by Crippen LogP contribution is 2.43. The van der Waals surface area contributed by atoms with Gasteiger partial charge < -0.3 is 18.6 Å². The van der Waals surface area contributed by atoms with Crippen LogP contribution < -0.4 is 4.74 Å². The minimum Gasteiger partial charge on any atom is -0.477 e. The average Bonchev–Trinajstić information content (AvgIpc) is 3.57. The lowest BCUT2D eigenvalue weighted by Crippen LogP contribution is -2.24. The summed E-state index contributed by atoms with van der Waals surface area (Å²) in [6.07, 6.45) is 8.58. The lowest BCUT2D eigenvalue weighted by Gasteiger charge is -2.30. The molecule has 1 saturated carbocycles. The van der Waals surface area contributed by atoms with Gasteiger partial charge in [0, 0.05) is 42.8 Å². The molecule has 1 aliphatic heterocycles. The van der Waals surface area contributed by atoms with Gasteiger partial charge in [-0.15, -0.1) is 0 Å². The molecule has 9 nitrogen and oxygen atoms in total. The Bertz CT molecular complexity index is 1580. The molecule has 0 amide bonds. The monoisotopic (exact) mass is 524 g/mol. The SMILES string of the molecule is Cc1noc(C)c1-c1cnc2c3c(OCC4CC4)ncc(S(C)(=O)=O)c3n([C@H](C)C3CCOCC3)c2c1. The van der Waals surface area contributed by atoms with Gasteiger partial charge in [0.05, 0.1) is 34.9 Å². The third-order valence-electron chi connectivity index (χ3n) is 7.82. The summed E-state index contributed by atoms with van der Waals surface area (Å²) in [7, 11) is -3.58. The van der Waals surface area contributed by atoms with Crippen molar-refractivity contribution in [3.63, 3.8) is 0 Å². The van der Waals surface area contributed by atoms with Crippen LogP contribution in [0.4, 0.5) is 0 Å². The van der Waals surface area contributed by atoms with Crippen molar-refractivity contribution in [2.75, 3.05) is 26.1 Å². The maximum Gasteiger partial charge on any atom is 0.225 e. The molecule has 4 aromatic rings. The molecule has 4 aromatic heterocycles. The number of ether oxygens (including phenoxy) is 2. The van der Waals surface area contributed by atoms with Crippen molar-refractivity contribution >= 4 is 31.8 Å². The van der Waals surface area contributed by atoms with Crippen LogP contribution >= 0.6 is 0 Å². The Morgan fingerprint density at radius 3 is 2.54 bits per heavy atom. The van der Waals surface area contributed by atoms with Gasteiger partial charge >= 0.3 is 0 Å². The van der Waals surface area contributed by atoms with Crippen molar-refractivity contribution in [2.45, 2.75) is 57.4 Å². The smallest absolute Gasteiger partial charge is 0.225 e. The van der Waals surface area contributed by atoms with Gasteiger partial charge in [0.1, 0.15) is 16.2 Å². The van der Waals surface area contributed by atoms with Crippen molar-refractivity contribution in [3.05, 3.63) is 29.9 Å². The van der Waals surface area contributed by atoms with E-state index in [0.29, 0.717) is 59.7 Å². The van der Waals surface area contributed by atoms with E-state index in [2.05, 4.69) is 27.7 Å². The minimum absolute atomic E-state index is 0.00445. The molecule has 5 heterocycles. The normalized spacial score (nSPS) is 18.1. The first-order chi connectivity index (χ1) is 17.7. The van der Waals surface area contributed by atoms with Crippen LogP contribution in [0.3, 0.4) is 0 Å². The number of hydrogen-bond donors (Lipinski definition) is 0. The molecule has 0 spiro atoms. The standard InChI is InChI=1S/C27H32N4O5S/c1-15-23(17(3)36-30-15)20-11-21-25(28-12-20)24-26(31(21)16(2)19-7-9-34-10-8-19)22(37(4,32)33)13-29-27(24)35-14-18-5-6-18/h11-13,16,18-19H,5-10,14H2,1-4H3/t16-/m1/s1. The lowest BCUT2D eigenvalue weighted by atomic mass is 9.92. The maximum absolute atomic E-state index is 13.0. The molecule has 37 heavy (non-hydrogen) atoms. The number of sulfone groups is 1. The van der Waals surface area contributed by atoms with Gasteiger partial charge in [-0.3, -0.25) is 4.98 Å². The van der Waals surface area contributed by atoms with E-state index in [-0.39, 0.29) is 10.9 Å². The van der Waals surface area contributed by atoms with E-state index >= 15 is 0 Å². The Hall–Kier alpha value is -2.98. The van der Waals surface area contributed by atoms with Crippen molar-refractivity contribution in [1.82, 2.24) is 19.7 Å². The fraction of sp³-hybridized carbons (Fsp3) is 0.519. The van der Waals surface area contributed by atoms with Crippen molar-refractivity contribution in [1.29, 1.82) is 0 Å². The van der Waals surface area contributed by atoms with Crippen molar-refractivity contribution in [2.24, 2.45) is 11.8 Å². The number of pyridine rings is 2. The van der Waals surface area contributed by atoms with Crippen LogP contribution in [0.1, 0.15) is 50.1 Å². The quantitative estimate of drug-likeness (QED) is 0.331. The zero-order valence-electron chi connectivity index (χ0n) is 21.7. The van der Waals surface area contributed by atoms with Crippen LogP contribution in [0, 0.1) is 25.7 Å². The first-order valence-corrected chi connectivity index (χ1v) is 14.8. The summed E-state index contributed by atoms with van der Waals surface area (Å²) in [4.78, 5) is 9.59. The summed E-state index contributed by atoms with van der Waals surface area (Å²) < 4.78 is 45.5. The van der Waals surface area contributed by atoms with Gasteiger partial charge in [0.25, 0.3) is 0 Å². The highest BCUT2D eigenvalue weighted by molar-refractivity contribution is 7.91.